The number of aryl methyl sites for hydroxylation is 1. The Bertz CT molecular complexity index is 1000. The van der Waals surface area contributed by atoms with Gasteiger partial charge in [0.1, 0.15) is 5.82 Å². The minimum Gasteiger partial charge on any atom is -0.228 e. The van der Waals surface area contributed by atoms with Crippen molar-refractivity contribution in [3.8, 4) is 0 Å². The minimum absolute atomic E-state index is 0.0222. The van der Waals surface area contributed by atoms with Crippen LogP contribution in [-0.2, 0) is 19.9 Å². The number of halogens is 1. The number of benzene rings is 2. The third-order valence-electron chi connectivity index (χ3n) is 4.61. The van der Waals surface area contributed by atoms with E-state index >= 15 is 0 Å². The molecule has 26 heavy (non-hydrogen) atoms. The molecule has 0 amide bonds. The third-order valence-corrected chi connectivity index (χ3v) is 8.63. The van der Waals surface area contributed by atoms with Crippen LogP contribution in [0.3, 0.4) is 0 Å². The van der Waals surface area contributed by atoms with Gasteiger partial charge in [-0.05, 0) is 31.5 Å². The molecule has 1 aliphatic heterocycles. The summed E-state index contributed by atoms with van der Waals surface area (Å²) in [5.74, 6) is -0.923. The van der Waals surface area contributed by atoms with Crippen LogP contribution in [0.25, 0.3) is 0 Å². The van der Waals surface area contributed by atoms with Crippen molar-refractivity contribution in [1.29, 1.82) is 0 Å². The van der Waals surface area contributed by atoms with Gasteiger partial charge in [-0.3, -0.25) is 0 Å². The highest BCUT2D eigenvalue weighted by molar-refractivity contribution is 7.92. The molecule has 140 valence electrons. The first-order valence-electron chi connectivity index (χ1n) is 8.24. The SMILES string of the molecule is Cc1ccc(S(=O)(=O)N2CCC(c3ccccc3F)S(=O)(=O)CC2)cc1. The molecule has 0 N–H and O–H groups in total. The average molecular weight is 397 g/mol. The molecule has 1 fully saturated rings. The topological polar surface area (TPSA) is 71.5 Å². The summed E-state index contributed by atoms with van der Waals surface area (Å²) >= 11 is 0. The number of hydrogen-bond acceptors (Lipinski definition) is 4. The maximum atomic E-state index is 14.1. The minimum atomic E-state index is -3.79. The molecule has 2 aromatic carbocycles. The second-order valence-corrected chi connectivity index (χ2v) is 10.6. The van der Waals surface area contributed by atoms with E-state index in [4.69, 9.17) is 0 Å². The summed E-state index contributed by atoms with van der Waals surface area (Å²) < 4.78 is 66.2. The van der Waals surface area contributed by atoms with E-state index < -0.39 is 30.9 Å². The maximum Gasteiger partial charge on any atom is 0.243 e. The molecule has 5 nitrogen and oxygen atoms in total. The Morgan fingerprint density at radius 1 is 1.04 bits per heavy atom. The van der Waals surface area contributed by atoms with Crippen LogP contribution < -0.4 is 0 Å². The molecule has 0 aromatic heterocycles. The largest absolute Gasteiger partial charge is 0.243 e. The van der Waals surface area contributed by atoms with Crippen LogP contribution in [-0.4, -0.2) is 40.0 Å². The molecule has 8 heteroatoms. The van der Waals surface area contributed by atoms with Crippen LogP contribution in [0.5, 0.6) is 0 Å². The van der Waals surface area contributed by atoms with Crippen LogP contribution in [0, 0.1) is 12.7 Å². The lowest BCUT2D eigenvalue weighted by Crippen LogP contribution is -2.33. The van der Waals surface area contributed by atoms with E-state index in [-0.39, 0.29) is 35.7 Å². The maximum absolute atomic E-state index is 14.1. The molecule has 1 heterocycles. The fraction of sp³-hybridized carbons (Fsp3) is 0.333. The quantitative estimate of drug-likeness (QED) is 0.798. The lowest BCUT2D eigenvalue weighted by atomic mass is 10.1. The van der Waals surface area contributed by atoms with Crippen molar-refractivity contribution < 1.29 is 21.2 Å². The van der Waals surface area contributed by atoms with Gasteiger partial charge >= 0.3 is 0 Å². The Morgan fingerprint density at radius 3 is 2.35 bits per heavy atom. The Balaban J connectivity index is 1.91. The monoisotopic (exact) mass is 397 g/mol. The van der Waals surface area contributed by atoms with Crippen molar-refractivity contribution in [3.05, 3.63) is 65.5 Å². The molecule has 1 atom stereocenters. The van der Waals surface area contributed by atoms with Crippen LogP contribution in [0.1, 0.15) is 22.8 Å². The second kappa shape index (κ2) is 7.09. The Hall–Kier alpha value is -1.77. The van der Waals surface area contributed by atoms with E-state index in [0.717, 1.165) is 5.56 Å². The highest BCUT2D eigenvalue weighted by atomic mass is 32.2. The van der Waals surface area contributed by atoms with E-state index in [9.17, 15) is 21.2 Å². The van der Waals surface area contributed by atoms with Crippen LogP contribution in [0.15, 0.2) is 53.4 Å². The zero-order valence-electron chi connectivity index (χ0n) is 14.3. The summed E-state index contributed by atoms with van der Waals surface area (Å²) in [5, 5.41) is -1.04. The van der Waals surface area contributed by atoms with E-state index in [2.05, 4.69) is 0 Å². The molecule has 0 spiro atoms. The van der Waals surface area contributed by atoms with Crippen LogP contribution in [0.4, 0.5) is 4.39 Å². The van der Waals surface area contributed by atoms with Crippen molar-refractivity contribution in [2.45, 2.75) is 23.5 Å². The first-order valence-corrected chi connectivity index (χ1v) is 11.4. The van der Waals surface area contributed by atoms with Crippen molar-refractivity contribution in [3.63, 3.8) is 0 Å². The molecular weight excluding hydrogens is 377 g/mol. The normalized spacial score (nSPS) is 21.2. The predicted octanol–water partition coefficient (Wildman–Crippen LogP) is 2.68. The number of sulfonamides is 1. The van der Waals surface area contributed by atoms with Gasteiger partial charge in [0.15, 0.2) is 9.84 Å². The van der Waals surface area contributed by atoms with Gasteiger partial charge < -0.3 is 0 Å². The molecule has 0 bridgehead atoms. The summed E-state index contributed by atoms with van der Waals surface area (Å²) in [6, 6.07) is 12.2. The van der Waals surface area contributed by atoms with Crippen LogP contribution >= 0.6 is 0 Å². The van der Waals surface area contributed by atoms with Crippen molar-refractivity contribution in [2.75, 3.05) is 18.8 Å². The zero-order chi connectivity index (χ0) is 18.9. The lowest BCUT2D eigenvalue weighted by Gasteiger charge is -2.20. The molecule has 2 aromatic rings. The highest BCUT2D eigenvalue weighted by Crippen LogP contribution is 2.32. The number of nitrogens with zero attached hydrogens (tertiary/aromatic N) is 1. The Labute approximate surface area is 153 Å². The molecule has 1 aliphatic rings. The number of rotatable bonds is 3. The fourth-order valence-electron chi connectivity index (χ4n) is 3.11. The van der Waals surface area contributed by atoms with E-state index in [1.54, 1.807) is 18.2 Å². The van der Waals surface area contributed by atoms with Gasteiger partial charge in [0, 0.05) is 18.7 Å². The molecule has 3 rings (SSSR count). The zero-order valence-corrected chi connectivity index (χ0v) is 15.9. The molecule has 0 radical (unpaired) electrons. The van der Waals surface area contributed by atoms with Gasteiger partial charge in [0.05, 0.1) is 15.9 Å². The van der Waals surface area contributed by atoms with Gasteiger partial charge in [-0.25, -0.2) is 21.2 Å². The molecule has 1 unspecified atom stereocenters. The summed E-state index contributed by atoms with van der Waals surface area (Å²) in [6.07, 6.45) is 0.0222. The molecular formula is C18H20FNO4S2. The van der Waals surface area contributed by atoms with Crippen LogP contribution in [0.2, 0.25) is 0 Å². The predicted molar refractivity (Wildman–Crippen MR) is 97.5 cm³/mol. The van der Waals surface area contributed by atoms with Gasteiger partial charge in [0.2, 0.25) is 10.0 Å². The van der Waals surface area contributed by atoms with Crippen molar-refractivity contribution in [1.82, 2.24) is 4.31 Å². The van der Waals surface area contributed by atoms with E-state index in [1.165, 1.54) is 34.6 Å². The van der Waals surface area contributed by atoms with Gasteiger partial charge in [-0.2, -0.15) is 4.31 Å². The van der Waals surface area contributed by atoms with Gasteiger partial charge in [-0.15, -0.1) is 0 Å². The second-order valence-electron chi connectivity index (χ2n) is 6.38. The molecule has 0 aliphatic carbocycles. The lowest BCUT2D eigenvalue weighted by molar-refractivity contribution is 0.427. The molecule has 0 saturated carbocycles. The Kier molecular flexibility index (Phi) is 5.18. The summed E-state index contributed by atoms with van der Waals surface area (Å²) in [6.45, 7) is 1.74. The molecule has 1 saturated heterocycles. The van der Waals surface area contributed by atoms with Gasteiger partial charge in [-0.1, -0.05) is 35.9 Å². The Morgan fingerprint density at radius 2 is 1.69 bits per heavy atom. The van der Waals surface area contributed by atoms with Crippen molar-refractivity contribution in [2.24, 2.45) is 0 Å². The van der Waals surface area contributed by atoms with Crippen molar-refractivity contribution >= 4 is 19.9 Å². The number of hydrogen-bond donors (Lipinski definition) is 0. The average Bonchev–Trinajstić information content (AvgIpc) is 2.74. The summed E-state index contributed by atoms with van der Waals surface area (Å²) in [7, 11) is -7.46. The third kappa shape index (κ3) is 3.67. The fourth-order valence-corrected chi connectivity index (χ4v) is 6.48. The summed E-state index contributed by atoms with van der Waals surface area (Å²) in [4.78, 5) is 0.129. The summed E-state index contributed by atoms with van der Waals surface area (Å²) in [5.41, 5.74) is 1.03. The number of sulfone groups is 1. The van der Waals surface area contributed by atoms with E-state index in [0.29, 0.717) is 0 Å². The highest BCUT2D eigenvalue weighted by Gasteiger charge is 2.36. The smallest absolute Gasteiger partial charge is 0.228 e. The first kappa shape index (κ1) is 19.0. The standard InChI is InChI=1S/C18H20FNO4S2/c1-14-6-8-15(9-7-14)26(23,24)20-11-10-18(25(21,22)13-12-20)16-4-2-3-5-17(16)19/h2-9,18H,10-13H2,1H3. The first-order chi connectivity index (χ1) is 12.2. The van der Waals surface area contributed by atoms with Gasteiger partial charge in [0.25, 0.3) is 0 Å². The van der Waals surface area contributed by atoms with E-state index in [1.807, 2.05) is 6.92 Å².